The van der Waals surface area contributed by atoms with Gasteiger partial charge in [-0.3, -0.25) is 9.88 Å². The van der Waals surface area contributed by atoms with Crippen LogP contribution in [0.25, 0.3) is 10.9 Å². The average Bonchev–Trinajstić information content (AvgIpc) is 2.48. The highest BCUT2D eigenvalue weighted by Crippen LogP contribution is 2.21. The summed E-state index contributed by atoms with van der Waals surface area (Å²) in [4.78, 5) is 6.96. The van der Waals surface area contributed by atoms with Gasteiger partial charge < -0.3 is 5.73 Å². The van der Waals surface area contributed by atoms with E-state index in [1.807, 2.05) is 12.3 Å². The molecule has 2 heterocycles. The van der Waals surface area contributed by atoms with E-state index in [1.165, 1.54) is 36.9 Å². The molecule has 3 nitrogen and oxygen atoms in total. The number of hydrogen-bond donors (Lipinski definition) is 1. The summed E-state index contributed by atoms with van der Waals surface area (Å²) < 4.78 is 0. The highest BCUT2D eigenvalue weighted by atomic mass is 15.1. The summed E-state index contributed by atoms with van der Waals surface area (Å²) in [5, 5.41) is 1.28. The number of nitrogens with two attached hydrogens (primary N) is 1. The van der Waals surface area contributed by atoms with Crippen LogP contribution in [0.3, 0.4) is 0 Å². The highest BCUT2D eigenvalue weighted by molar-refractivity contribution is 5.81. The van der Waals surface area contributed by atoms with Gasteiger partial charge in [-0.15, -0.1) is 0 Å². The van der Waals surface area contributed by atoms with Crippen molar-refractivity contribution in [3.63, 3.8) is 0 Å². The van der Waals surface area contributed by atoms with E-state index < -0.39 is 0 Å². The zero-order valence-corrected chi connectivity index (χ0v) is 11.3. The number of pyridine rings is 1. The van der Waals surface area contributed by atoms with Gasteiger partial charge in [0.25, 0.3) is 0 Å². The maximum absolute atomic E-state index is 5.75. The molecule has 0 radical (unpaired) electrons. The maximum Gasteiger partial charge on any atom is 0.0705 e. The maximum atomic E-state index is 5.75. The molecule has 0 saturated carbocycles. The van der Waals surface area contributed by atoms with E-state index in [0.717, 1.165) is 24.5 Å². The van der Waals surface area contributed by atoms with Gasteiger partial charge in [0.15, 0.2) is 0 Å². The molecule has 19 heavy (non-hydrogen) atoms. The molecule has 0 amide bonds. The van der Waals surface area contributed by atoms with E-state index in [0.29, 0.717) is 0 Å². The number of rotatable bonds is 3. The lowest BCUT2D eigenvalue weighted by Crippen LogP contribution is -2.35. The number of nitrogens with zero attached hydrogens (tertiary/aromatic N) is 2. The van der Waals surface area contributed by atoms with Gasteiger partial charge in [0.1, 0.15) is 0 Å². The summed E-state index contributed by atoms with van der Waals surface area (Å²) in [5.74, 6) is 0.727. The average molecular weight is 255 g/mol. The fourth-order valence-electron chi connectivity index (χ4n) is 2.91. The minimum Gasteiger partial charge on any atom is -0.330 e. The van der Waals surface area contributed by atoms with Crippen molar-refractivity contribution in [1.82, 2.24) is 9.88 Å². The number of aromatic nitrogens is 1. The summed E-state index contributed by atoms with van der Waals surface area (Å²) in [6, 6.07) is 10.5. The third kappa shape index (κ3) is 2.77. The molecule has 2 N–H and O–H groups in total. The normalized spacial score (nSPS) is 17.9. The Morgan fingerprint density at radius 2 is 1.95 bits per heavy atom. The predicted octanol–water partition coefficient (Wildman–Crippen LogP) is 2.41. The third-order valence-electron chi connectivity index (χ3n) is 4.17. The van der Waals surface area contributed by atoms with Crippen LogP contribution in [-0.2, 0) is 6.54 Å². The number of likely N-dealkylation sites (tertiary alicyclic amines) is 1. The van der Waals surface area contributed by atoms with Crippen molar-refractivity contribution in [3.05, 3.63) is 42.1 Å². The van der Waals surface area contributed by atoms with Gasteiger partial charge in [0, 0.05) is 18.1 Å². The van der Waals surface area contributed by atoms with Gasteiger partial charge in [-0.1, -0.05) is 18.2 Å². The van der Waals surface area contributed by atoms with E-state index in [2.05, 4.69) is 34.1 Å². The van der Waals surface area contributed by atoms with Crippen LogP contribution < -0.4 is 5.73 Å². The first-order valence-corrected chi connectivity index (χ1v) is 7.12. The molecule has 1 fully saturated rings. The summed E-state index contributed by atoms with van der Waals surface area (Å²) in [6.45, 7) is 4.20. The molecule has 1 saturated heterocycles. The SMILES string of the molecule is NCC1CCN(Cc2ccnc3ccccc23)CC1. The molecule has 0 bridgehead atoms. The second-order valence-electron chi connectivity index (χ2n) is 5.44. The second kappa shape index (κ2) is 5.68. The molecule has 0 atom stereocenters. The molecule has 1 aliphatic heterocycles. The van der Waals surface area contributed by atoms with Gasteiger partial charge in [0.05, 0.1) is 5.52 Å². The molecule has 0 unspecified atom stereocenters. The number of para-hydroxylation sites is 1. The van der Waals surface area contributed by atoms with Crippen LogP contribution >= 0.6 is 0 Å². The molecule has 1 aromatic carbocycles. The molecule has 1 aromatic heterocycles. The van der Waals surface area contributed by atoms with Crippen LogP contribution in [0.1, 0.15) is 18.4 Å². The van der Waals surface area contributed by atoms with Crippen LogP contribution in [0, 0.1) is 5.92 Å². The van der Waals surface area contributed by atoms with Gasteiger partial charge in [0.2, 0.25) is 0 Å². The topological polar surface area (TPSA) is 42.1 Å². The first-order valence-electron chi connectivity index (χ1n) is 7.12. The van der Waals surface area contributed by atoms with Crippen molar-refractivity contribution in [1.29, 1.82) is 0 Å². The van der Waals surface area contributed by atoms with Gasteiger partial charge in [-0.2, -0.15) is 0 Å². The summed E-state index contributed by atoms with van der Waals surface area (Å²) >= 11 is 0. The van der Waals surface area contributed by atoms with Gasteiger partial charge in [-0.05, 0) is 56.1 Å². The van der Waals surface area contributed by atoms with E-state index in [1.54, 1.807) is 0 Å². The Hall–Kier alpha value is -1.45. The molecule has 1 aliphatic rings. The summed E-state index contributed by atoms with van der Waals surface area (Å²) in [5.41, 5.74) is 8.23. The largest absolute Gasteiger partial charge is 0.330 e. The van der Waals surface area contributed by atoms with Crippen molar-refractivity contribution in [2.75, 3.05) is 19.6 Å². The van der Waals surface area contributed by atoms with Crippen molar-refractivity contribution in [2.45, 2.75) is 19.4 Å². The summed E-state index contributed by atoms with van der Waals surface area (Å²) in [6.07, 6.45) is 4.39. The smallest absolute Gasteiger partial charge is 0.0705 e. The number of hydrogen-bond acceptors (Lipinski definition) is 3. The Morgan fingerprint density at radius 1 is 1.16 bits per heavy atom. The van der Waals surface area contributed by atoms with Crippen molar-refractivity contribution in [3.8, 4) is 0 Å². The summed E-state index contributed by atoms with van der Waals surface area (Å²) in [7, 11) is 0. The monoisotopic (exact) mass is 255 g/mol. The lowest BCUT2D eigenvalue weighted by Gasteiger charge is -2.31. The molecular formula is C16H21N3. The lowest BCUT2D eigenvalue weighted by molar-refractivity contribution is 0.181. The molecule has 0 aliphatic carbocycles. The highest BCUT2D eigenvalue weighted by Gasteiger charge is 2.18. The predicted molar refractivity (Wildman–Crippen MR) is 78.8 cm³/mol. The zero-order chi connectivity index (χ0) is 13.1. The van der Waals surface area contributed by atoms with Crippen LogP contribution in [0.15, 0.2) is 36.5 Å². The van der Waals surface area contributed by atoms with Gasteiger partial charge in [-0.25, -0.2) is 0 Å². The fourth-order valence-corrected chi connectivity index (χ4v) is 2.91. The second-order valence-corrected chi connectivity index (χ2v) is 5.44. The number of piperidine rings is 1. The Balaban J connectivity index is 1.75. The van der Waals surface area contributed by atoms with Crippen LogP contribution in [0.4, 0.5) is 0 Å². The van der Waals surface area contributed by atoms with Crippen LogP contribution in [0.5, 0.6) is 0 Å². The molecule has 100 valence electrons. The number of benzene rings is 1. The lowest BCUT2D eigenvalue weighted by atomic mass is 9.96. The first kappa shape index (κ1) is 12.6. The van der Waals surface area contributed by atoms with E-state index in [4.69, 9.17) is 5.73 Å². The van der Waals surface area contributed by atoms with Crippen LogP contribution in [-0.4, -0.2) is 29.5 Å². The minimum absolute atomic E-state index is 0.727. The fraction of sp³-hybridized carbons (Fsp3) is 0.438. The Labute approximate surface area is 114 Å². The van der Waals surface area contributed by atoms with Gasteiger partial charge >= 0.3 is 0 Å². The standard InChI is InChI=1S/C16H21N3/c17-11-13-6-9-19(10-7-13)12-14-5-8-18-16-4-2-1-3-15(14)16/h1-5,8,13H,6-7,9-12,17H2. The molecular weight excluding hydrogens is 234 g/mol. The van der Waals surface area contributed by atoms with E-state index >= 15 is 0 Å². The molecule has 3 rings (SSSR count). The minimum atomic E-state index is 0.727. The third-order valence-corrected chi connectivity index (χ3v) is 4.17. The van der Waals surface area contributed by atoms with E-state index in [-0.39, 0.29) is 0 Å². The Morgan fingerprint density at radius 3 is 2.74 bits per heavy atom. The number of fused-ring (bicyclic) bond motifs is 1. The molecule has 0 spiro atoms. The zero-order valence-electron chi connectivity index (χ0n) is 11.3. The quantitative estimate of drug-likeness (QED) is 0.915. The molecule has 3 heteroatoms. The Bertz CT molecular complexity index is 539. The van der Waals surface area contributed by atoms with Crippen molar-refractivity contribution in [2.24, 2.45) is 11.7 Å². The van der Waals surface area contributed by atoms with E-state index in [9.17, 15) is 0 Å². The van der Waals surface area contributed by atoms with Crippen molar-refractivity contribution >= 4 is 10.9 Å². The van der Waals surface area contributed by atoms with Crippen LogP contribution in [0.2, 0.25) is 0 Å². The molecule has 2 aromatic rings. The Kier molecular flexibility index (Phi) is 3.76. The first-order chi connectivity index (χ1) is 9.36. The van der Waals surface area contributed by atoms with Crippen molar-refractivity contribution < 1.29 is 0 Å².